The number of ether oxygens (including phenoxy) is 1. The molecule has 3 rings (SSSR count). The predicted octanol–water partition coefficient (Wildman–Crippen LogP) is -1.27. The molecule has 31 heteroatoms. The van der Waals surface area contributed by atoms with Crippen molar-refractivity contribution in [2.24, 2.45) is 5.41 Å². The second kappa shape index (κ2) is 21.8. The fraction of sp³-hybridized carbons (Fsp3) is 0.630. The van der Waals surface area contributed by atoms with Crippen LogP contribution in [0, 0.1) is 5.41 Å². The molecule has 1 aliphatic rings. The number of phosphoric ester groups is 3. The molecule has 0 aromatic carbocycles. The first-order valence-corrected chi connectivity index (χ1v) is 22.0. The van der Waals surface area contributed by atoms with E-state index in [1.165, 1.54) is 13.8 Å². The fourth-order valence-electron chi connectivity index (χ4n) is 4.40. The Morgan fingerprint density at radius 3 is 2.24 bits per heavy atom. The van der Waals surface area contributed by atoms with Crippen LogP contribution in [-0.2, 0) is 60.3 Å². The van der Waals surface area contributed by atoms with E-state index in [0.29, 0.717) is 12.2 Å². The predicted molar refractivity (Wildman–Crippen MR) is 196 cm³/mol. The van der Waals surface area contributed by atoms with Crippen molar-refractivity contribution in [3.63, 3.8) is 0 Å². The number of thioether (sulfide) groups is 1. The zero-order valence-electron chi connectivity index (χ0n) is 31.0. The Morgan fingerprint density at radius 2 is 1.66 bits per heavy atom. The highest BCUT2D eigenvalue weighted by Gasteiger charge is 2.50. The van der Waals surface area contributed by atoms with Crippen molar-refractivity contribution >= 4 is 80.9 Å². The molecule has 11 N–H and O–H groups in total. The number of hydrogen-bond acceptors (Lipinski definition) is 20. The Kier molecular flexibility index (Phi) is 19.1. The van der Waals surface area contributed by atoms with Crippen LogP contribution < -0.4 is 16.4 Å². The van der Waals surface area contributed by atoms with Gasteiger partial charge < -0.3 is 56.0 Å². The summed E-state index contributed by atoms with van der Waals surface area (Å²) in [6.45, 7) is 3.24. The van der Waals surface area contributed by atoms with Gasteiger partial charge in [-0.05, 0) is 0 Å². The number of aliphatic hydroxyl groups excluding tert-OH is 2. The van der Waals surface area contributed by atoms with Crippen LogP contribution in [0.3, 0.4) is 0 Å². The Balaban J connectivity index is 0.00000179. The van der Waals surface area contributed by atoms with Crippen molar-refractivity contribution < 1.29 is 95.2 Å². The van der Waals surface area contributed by atoms with Gasteiger partial charge in [-0.3, -0.25) is 37.3 Å². The Labute approximate surface area is 332 Å². The number of carbonyl (C=O) groups is 5. The number of phosphoric acid groups is 3. The Hall–Kier alpha value is -3.30. The van der Waals surface area contributed by atoms with E-state index in [4.69, 9.17) is 24.6 Å². The smallest absolute Gasteiger partial charge is 0.476 e. The molecule has 3 heterocycles. The minimum Gasteiger partial charge on any atom is -0.476 e. The van der Waals surface area contributed by atoms with Gasteiger partial charge in [-0.15, -0.1) is 0 Å². The van der Waals surface area contributed by atoms with E-state index in [-0.39, 0.29) is 41.6 Å². The molecule has 0 bridgehead atoms. The summed E-state index contributed by atoms with van der Waals surface area (Å²) in [5.74, 6) is -3.27. The Bertz CT molecular complexity index is 1920. The molecule has 1 fully saturated rings. The molecular formula is C27H44N7O20P3S. The first-order valence-electron chi connectivity index (χ1n) is 16.5. The number of ketones is 1. The lowest BCUT2D eigenvalue weighted by Gasteiger charge is -2.30. The molecule has 2 aromatic rings. The molecule has 7 atom stereocenters. The van der Waals surface area contributed by atoms with Gasteiger partial charge >= 0.3 is 29.4 Å². The van der Waals surface area contributed by atoms with E-state index in [2.05, 4.69) is 34.4 Å². The molecule has 328 valence electrons. The molecule has 0 saturated carbocycles. The third kappa shape index (κ3) is 16.4. The summed E-state index contributed by atoms with van der Waals surface area (Å²) < 4.78 is 61.9. The quantitative estimate of drug-likeness (QED) is 0.0397. The van der Waals surface area contributed by atoms with Crippen LogP contribution in [0.25, 0.3) is 11.2 Å². The number of aliphatic hydroxyl groups is 2. The average molecular weight is 912 g/mol. The van der Waals surface area contributed by atoms with E-state index in [0.717, 1.165) is 35.9 Å². The lowest BCUT2D eigenvalue weighted by Crippen LogP contribution is -2.46. The third-order valence-electron chi connectivity index (χ3n) is 7.35. The molecule has 0 spiro atoms. The van der Waals surface area contributed by atoms with Crippen molar-refractivity contribution in [3.05, 3.63) is 12.7 Å². The van der Waals surface area contributed by atoms with Crippen molar-refractivity contribution in [2.75, 3.05) is 37.8 Å². The van der Waals surface area contributed by atoms with Crippen molar-refractivity contribution in [2.45, 2.75) is 71.2 Å². The van der Waals surface area contributed by atoms with Gasteiger partial charge in [-0.2, -0.15) is 4.31 Å². The number of aromatic nitrogens is 4. The van der Waals surface area contributed by atoms with Gasteiger partial charge in [0, 0.05) is 44.0 Å². The lowest BCUT2D eigenvalue weighted by molar-refractivity contribution is -0.148. The molecule has 3 unspecified atom stereocenters. The van der Waals surface area contributed by atoms with E-state index >= 15 is 0 Å². The molecule has 1 aliphatic heterocycles. The maximum Gasteiger partial charge on any atom is 0.481 e. The Morgan fingerprint density at radius 1 is 1.03 bits per heavy atom. The van der Waals surface area contributed by atoms with Crippen LogP contribution in [0.5, 0.6) is 0 Å². The number of amides is 2. The van der Waals surface area contributed by atoms with Crippen LogP contribution in [-0.4, -0.2) is 140 Å². The monoisotopic (exact) mass is 911 g/mol. The van der Waals surface area contributed by atoms with Gasteiger partial charge in [0.05, 0.1) is 19.5 Å². The summed E-state index contributed by atoms with van der Waals surface area (Å²) >= 11 is 1.07. The SMILES string of the molecule is CC(=O)C(=O)O.CCC(=O)SCCNC(=O)CCNC(=O)C(O)C(C)(C)COP(=O)(O)OP(=O)(O)OC[C@H]1O[C@@H](n2cnc3c(N)ncnc32)[C@H](O)[C@@H]1OP(=O)(O)O. The summed E-state index contributed by atoms with van der Waals surface area (Å²) in [4.78, 5) is 105. The van der Waals surface area contributed by atoms with Gasteiger partial charge in [0.1, 0.15) is 36.3 Å². The first kappa shape index (κ1) is 50.8. The maximum atomic E-state index is 12.6. The number of rotatable bonds is 21. The number of anilines is 1. The first-order chi connectivity index (χ1) is 26.7. The van der Waals surface area contributed by atoms with Gasteiger partial charge in [0.15, 0.2) is 22.8 Å². The van der Waals surface area contributed by atoms with Crippen molar-refractivity contribution in [1.29, 1.82) is 0 Å². The number of imidazole rings is 1. The number of fused-ring (bicyclic) bond motifs is 1. The fourth-order valence-corrected chi connectivity index (χ4v) is 7.86. The highest BCUT2D eigenvalue weighted by Crippen LogP contribution is 2.61. The van der Waals surface area contributed by atoms with Crippen molar-refractivity contribution in [3.8, 4) is 0 Å². The number of nitrogens with zero attached hydrogens (tertiary/aromatic N) is 4. The van der Waals surface area contributed by atoms with Crippen LogP contribution in [0.2, 0.25) is 0 Å². The van der Waals surface area contributed by atoms with Gasteiger partial charge in [0.2, 0.25) is 17.6 Å². The van der Waals surface area contributed by atoms with Gasteiger partial charge in [0.25, 0.3) is 0 Å². The molecule has 2 amide bonds. The third-order valence-corrected chi connectivity index (χ3v) is 11.5. The number of carboxylic acid groups (broad SMARTS) is 1. The number of nitrogens with two attached hydrogens (primary N) is 1. The van der Waals surface area contributed by atoms with Crippen LogP contribution in [0.15, 0.2) is 12.7 Å². The summed E-state index contributed by atoms with van der Waals surface area (Å²) in [5, 5.41) is 33.8. The summed E-state index contributed by atoms with van der Waals surface area (Å²) in [5.41, 5.74) is 4.26. The molecule has 58 heavy (non-hydrogen) atoms. The minimum atomic E-state index is -5.56. The second-order valence-corrected chi connectivity index (χ2v) is 17.9. The summed E-state index contributed by atoms with van der Waals surface area (Å²) in [7, 11) is -16.4. The number of Topliss-reactive ketones (excluding diaryl/α,β-unsaturated/α-hetero) is 1. The molecule has 0 aliphatic carbocycles. The topological polar surface area (TPSA) is 418 Å². The standard InChI is InChI=1S/C24H40N7O17P3S.C3H4O3/c1-4-15(33)52-8-7-26-14(32)5-6-27-22(36)19(35)24(2,3)10-45-51(42,43)48-50(40,41)44-9-13-18(47-49(37,38)39)17(34)23(46-13)31-12-30-16-20(25)28-11-29-21(16)31;1-2(4)3(5)6/h11-13,17-19,23,34-35H,4-10H2,1-3H3,(H,26,32)(H,27,36)(H,40,41)(H,42,43)(H2,25,28,29)(H2,37,38,39);1H3,(H,5,6)/t13-,17-,18-,19?,23-;/m1./s1. The lowest BCUT2D eigenvalue weighted by atomic mass is 9.87. The number of nitrogens with one attached hydrogen (secondary N) is 2. The largest absolute Gasteiger partial charge is 0.481 e. The highest BCUT2D eigenvalue weighted by atomic mass is 32.2. The molecule has 27 nitrogen and oxygen atoms in total. The second-order valence-electron chi connectivity index (χ2n) is 12.5. The normalized spacial score (nSPS) is 20.9. The molecular weight excluding hydrogens is 867 g/mol. The number of hydrogen-bond donors (Lipinski definition) is 10. The molecule has 0 radical (unpaired) electrons. The number of nitrogen functional groups attached to an aromatic ring is 1. The van der Waals surface area contributed by atoms with E-state index in [1.807, 2.05) is 0 Å². The minimum absolute atomic E-state index is 0.0221. The zero-order valence-corrected chi connectivity index (χ0v) is 34.5. The summed E-state index contributed by atoms with van der Waals surface area (Å²) in [6.07, 6.45) is -6.52. The average Bonchev–Trinajstić information content (AvgIpc) is 3.68. The zero-order chi connectivity index (χ0) is 44.2. The van der Waals surface area contributed by atoms with Gasteiger partial charge in [-0.1, -0.05) is 32.5 Å². The van der Waals surface area contributed by atoms with E-state index in [1.54, 1.807) is 6.92 Å². The molecule has 2 aromatic heterocycles. The number of carboxylic acids is 1. The maximum absolute atomic E-state index is 12.6. The van der Waals surface area contributed by atoms with Crippen LogP contribution in [0.1, 0.15) is 46.8 Å². The van der Waals surface area contributed by atoms with E-state index < -0.39 is 96.3 Å². The van der Waals surface area contributed by atoms with Crippen LogP contribution >= 0.6 is 35.2 Å². The summed E-state index contributed by atoms with van der Waals surface area (Å²) in [6, 6.07) is 0. The number of carbonyl (C=O) groups excluding carboxylic acids is 4. The van der Waals surface area contributed by atoms with Crippen molar-refractivity contribution in [1.82, 2.24) is 30.2 Å². The molecule has 1 saturated heterocycles. The van der Waals surface area contributed by atoms with Gasteiger partial charge in [-0.25, -0.2) is 33.4 Å². The highest BCUT2D eigenvalue weighted by molar-refractivity contribution is 8.13. The van der Waals surface area contributed by atoms with Crippen LogP contribution in [0.4, 0.5) is 5.82 Å². The van der Waals surface area contributed by atoms with E-state index in [9.17, 15) is 67.5 Å². The number of aliphatic carboxylic acids is 1.